The maximum Gasteiger partial charge on any atom is 0.586 e. The second-order valence-electron chi connectivity index (χ2n) is 3.57. The van der Waals surface area contributed by atoms with Crippen molar-refractivity contribution in [3.8, 4) is 11.5 Å². The molecule has 0 aliphatic carbocycles. The molecule has 0 saturated carbocycles. The molecule has 0 amide bonds. The van der Waals surface area contributed by atoms with Crippen LogP contribution < -0.4 is 9.47 Å². The summed E-state index contributed by atoms with van der Waals surface area (Å²) in [6, 6.07) is 3.83. The number of aliphatic hydroxyl groups excluding tert-OH is 2. The van der Waals surface area contributed by atoms with E-state index in [4.69, 9.17) is 0 Å². The van der Waals surface area contributed by atoms with Crippen molar-refractivity contribution in [2.45, 2.75) is 18.5 Å². The first kappa shape index (κ1) is 12.4. The van der Waals surface area contributed by atoms with Gasteiger partial charge in [0.15, 0.2) is 11.5 Å². The van der Waals surface area contributed by atoms with Crippen molar-refractivity contribution in [2.24, 2.45) is 0 Å². The Bertz CT molecular complexity index is 427. The third-order valence-electron chi connectivity index (χ3n) is 2.32. The van der Waals surface area contributed by atoms with Gasteiger partial charge in [0, 0.05) is 5.75 Å². The number of thiol groups is 1. The summed E-state index contributed by atoms with van der Waals surface area (Å²) < 4.78 is 33.9. The highest BCUT2D eigenvalue weighted by Crippen LogP contribution is 2.42. The molecule has 1 aliphatic rings. The largest absolute Gasteiger partial charge is 0.586 e. The molecule has 1 aromatic carbocycles. The second-order valence-corrected chi connectivity index (χ2v) is 3.93. The highest BCUT2D eigenvalue weighted by atomic mass is 32.1. The summed E-state index contributed by atoms with van der Waals surface area (Å²) in [5, 5.41) is 19.1. The van der Waals surface area contributed by atoms with Crippen LogP contribution in [0.2, 0.25) is 0 Å². The van der Waals surface area contributed by atoms with Crippen molar-refractivity contribution in [1.82, 2.24) is 0 Å². The van der Waals surface area contributed by atoms with Gasteiger partial charge in [0.25, 0.3) is 0 Å². The van der Waals surface area contributed by atoms with Crippen LogP contribution in [0.4, 0.5) is 8.78 Å². The number of alkyl halides is 2. The number of fused-ring (bicyclic) bond motifs is 1. The molecule has 1 aromatic rings. The summed E-state index contributed by atoms with van der Waals surface area (Å²) in [5.41, 5.74) is 0.256. The zero-order valence-electron chi connectivity index (χ0n) is 8.51. The molecule has 2 unspecified atom stereocenters. The van der Waals surface area contributed by atoms with Crippen molar-refractivity contribution in [3.63, 3.8) is 0 Å². The fourth-order valence-electron chi connectivity index (χ4n) is 1.47. The summed E-state index contributed by atoms with van der Waals surface area (Å²) in [7, 11) is 0. The van der Waals surface area contributed by atoms with Gasteiger partial charge < -0.3 is 19.7 Å². The molecule has 0 radical (unpaired) electrons. The minimum atomic E-state index is -3.69. The number of benzene rings is 1. The van der Waals surface area contributed by atoms with Crippen LogP contribution in [-0.2, 0) is 0 Å². The quantitative estimate of drug-likeness (QED) is 0.721. The Morgan fingerprint density at radius 3 is 2.53 bits per heavy atom. The van der Waals surface area contributed by atoms with Crippen molar-refractivity contribution in [3.05, 3.63) is 23.8 Å². The molecule has 0 bridgehead atoms. The first-order valence-corrected chi connectivity index (χ1v) is 5.43. The van der Waals surface area contributed by atoms with E-state index >= 15 is 0 Å². The number of rotatable bonds is 3. The average molecular weight is 264 g/mol. The molecule has 17 heavy (non-hydrogen) atoms. The Morgan fingerprint density at radius 1 is 1.24 bits per heavy atom. The Labute approximate surface area is 101 Å². The highest BCUT2D eigenvalue weighted by molar-refractivity contribution is 7.80. The van der Waals surface area contributed by atoms with E-state index in [0.29, 0.717) is 0 Å². The van der Waals surface area contributed by atoms with E-state index in [0.717, 1.165) is 0 Å². The van der Waals surface area contributed by atoms with Crippen molar-refractivity contribution < 1.29 is 28.5 Å². The van der Waals surface area contributed by atoms with Crippen LogP contribution >= 0.6 is 12.6 Å². The lowest BCUT2D eigenvalue weighted by Gasteiger charge is -2.16. The van der Waals surface area contributed by atoms with E-state index in [-0.39, 0.29) is 22.8 Å². The molecular weight excluding hydrogens is 254 g/mol. The Hall–Kier alpha value is -1.05. The zero-order chi connectivity index (χ0) is 12.6. The van der Waals surface area contributed by atoms with Gasteiger partial charge in [-0.1, -0.05) is 6.07 Å². The van der Waals surface area contributed by atoms with Gasteiger partial charge in [0.1, 0.15) is 6.10 Å². The van der Waals surface area contributed by atoms with E-state index < -0.39 is 18.5 Å². The third-order valence-corrected chi connectivity index (χ3v) is 2.69. The van der Waals surface area contributed by atoms with Gasteiger partial charge in [0.2, 0.25) is 0 Å². The van der Waals surface area contributed by atoms with E-state index in [1.54, 1.807) is 0 Å². The third kappa shape index (κ3) is 2.46. The van der Waals surface area contributed by atoms with Crippen LogP contribution in [0, 0.1) is 0 Å². The molecule has 2 rings (SSSR count). The van der Waals surface area contributed by atoms with Crippen LogP contribution in [0.15, 0.2) is 18.2 Å². The van der Waals surface area contributed by atoms with E-state index in [9.17, 15) is 19.0 Å². The van der Waals surface area contributed by atoms with Gasteiger partial charge in [-0.05, 0) is 17.7 Å². The summed E-state index contributed by atoms with van der Waals surface area (Å²) in [5.74, 6) is -0.226. The summed E-state index contributed by atoms with van der Waals surface area (Å²) in [6.45, 7) is 0. The molecule has 0 aromatic heterocycles. The molecule has 2 N–H and O–H groups in total. The van der Waals surface area contributed by atoms with Crippen LogP contribution in [0.1, 0.15) is 11.7 Å². The van der Waals surface area contributed by atoms with Gasteiger partial charge in [-0.15, -0.1) is 8.78 Å². The molecule has 7 heteroatoms. The van der Waals surface area contributed by atoms with E-state index in [1.807, 2.05) is 0 Å². The van der Waals surface area contributed by atoms with Gasteiger partial charge in [-0.2, -0.15) is 12.6 Å². The van der Waals surface area contributed by atoms with Crippen LogP contribution in [0.25, 0.3) is 0 Å². The summed E-state index contributed by atoms with van der Waals surface area (Å²) in [4.78, 5) is 0. The SMILES string of the molecule is OC(CS)C(O)c1ccc2c(c1)OC(F)(F)O2. The fraction of sp³-hybridized carbons (Fsp3) is 0.400. The minimum absolute atomic E-state index is 0.0474. The predicted molar refractivity (Wildman–Crippen MR) is 57.5 cm³/mol. The van der Waals surface area contributed by atoms with Gasteiger partial charge in [-0.3, -0.25) is 0 Å². The topological polar surface area (TPSA) is 58.9 Å². The van der Waals surface area contributed by atoms with Crippen molar-refractivity contribution in [2.75, 3.05) is 5.75 Å². The number of hydrogen-bond donors (Lipinski definition) is 3. The lowest BCUT2D eigenvalue weighted by atomic mass is 10.0. The maximum absolute atomic E-state index is 12.7. The summed E-state index contributed by atoms with van der Waals surface area (Å²) in [6.07, 6.45) is -5.98. The second kappa shape index (κ2) is 4.32. The van der Waals surface area contributed by atoms with Crippen LogP contribution in [-0.4, -0.2) is 28.4 Å². The molecule has 0 fully saturated rings. The molecule has 2 atom stereocenters. The molecule has 0 spiro atoms. The monoisotopic (exact) mass is 264 g/mol. The number of ether oxygens (including phenoxy) is 2. The average Bonchev–Trinajstić information content (AvgIpc) is 2.59. The fourth-order valence-corrected chi connectivity index (χ4v) is 1.67. The predicted octanol–water partition coefficient (Wildman–Crippen LogP) is 1.33. The molecule has 0 saturated heterocycles. The standard InChI is InChI=1S/C10H10F2O4S/c11-10(12)15-7-2-1-5(3-8(7)16-10)9(14)6(13)4-17/h1-3,6,9,13-14,17H,4H2. The first-order chi connectivity index (χ1) is 7.93. The Morgan fingerprint density at radius 2 is 1.88 bits per heavy atom. The molecule has 94 valence electrons. The lowest BCUT2D eigenvalue weighted by Crippen LogP contribution is -2.26. The number of hydrogen-bond acceptors (Lipinski definition) is 5. The maximum atomic E-state index is 12.7. The molecular formula is C10H10F2O4S. The van der Waals surface area contributed by atoms with Crippen molar-refractivity contribution >= 4 is 12.6 Å². The number of halogens is 2. The lowest BCUT2D eigenvalue weighted by molar-refractivity contribution is -0.286. The number of aliphatic hydroxyl groups is 2. The molecule has 1 heterocycles. The minimum Gasteiger partial charge on any atom is -0.395 e. The van der Waals surface area contributed by atoms with E-state index in [1.165, 1.54) is 18.2 Å². The Kier molecular flexibility index (Phi) is 3.15. The smallest absolute Gasteiger partial charge is 0.395 e. The van der Waals surface area contributed by atoms with Crippen LogP contribution in [0.5, 0.6) is 11.5 Å². The summed E-state index contributed by atoms with van der Waals surface area (Å²) >= 11 is 3.83. The van der Waals surface area contributed by atoms with Gasteiger partial charge >= 0.3 is 6.29 Å². The zero-order valence-corrected chi connectivity index (χ0v) is 9.40. The first-order valence-electron chi connectivity index (χ1n) is 4.80. The van der Waals surface area contributed by atoms with Gasteiger partial charge in [0.05, 0.1) is 6.10 Å². The Balaban J connectivity index is 2.24. The van der Waals surface area contributed by atoms with Crippen molar-refractivity contribution in [1.29, 1.82) is 0 Å². The normalized spacial score (nSPS) is 20.1. The molecule has 4 nitrogen and oxygen atoms in total. The van der Waals surface area contributed by atoms with Gasteiger partial charge in [-0.25, -0.2) is 0 Å². The van der Waals surface area contributed by atoms with Crippen LogP contribution in [0.3, 0.4) is 0 Å². The highest BCUT2D eigenvalue weighted by Gasteiger charge is 2.43. The van der Waals surface area contributed by atoms with E-state index in [2.05, 4.69) is 22.1 Å². The molecule has 1 aliphatic heterocycles.